The van der Waals surface area contributed by atoms with E-state index < -0.39 is 35.3 Å². The minimum absolute atomic E-state index is 0.0489. The molecule has 0 fully saturated rings. The van der Waals surface area contributed by atoms with Crippen LogP contribution in [0, 0.1) is 5.41 Å². The van der Waals surface area contributed by atoms with Gasteiger partial charge in [0.25, 0.3) is 0 Å². The lowest BCUT2D eigenvalue weighted by Gasteiger charge is -2.29. The number of benzene rings is 1. The monoisotopic (exact) mass is 307 g/mol. The summed E-state index contributed by atoms with van der Waals surface area (Å²) in [7, 11) is 1.17. The van der Waals surface area contributed by atoms with Gasteiger partial charge in [0.05, 0.1) is 12.5 Å². The Labute approximate surface area is 119 Å². The molecule has 0 unspecified atom stereocenters. The molecule has 118 valence electrons. The summed E-state index contributed by atoms with van der Waals surface area (Å²) in [4.78, 5) is 11.7. The lowest BCUT2D eigenvalue weighted by Crippen LogP contribution is -2.37. The number of phenols is 1. The smallest absolute Gasteiger partial charge is 0.504 e. The summed E-state index contributed by atoms with van der Waals surface area (Å²) in [6, 6.07) is 2.42. The van der Waals surface area contributed by atoms with Crippen molar-refractivity contribution in [3.8, 4) is 11.5 Å². The van der Waals surface area contributed by atoms with E-state index in [1.165, 1.54) is 33.1 Å². The molecule has 1 aromatic carbocycles. The van der Waals surface area contributed by atoms with Crippen LogP contribution in [0.3, 0.4) is 0 Å². The molecule has 0 bridgehead atoms. The van der Waals surface area contributed by atoms with Gasteiger partial charge in [0.15, 0.2) is 11.5 Å². The Kier molecular flexibility index (Phi) is 4.72. The minimum Gasteiger partial charge on any atom is -0.504 e. The van der Waals surface area contributed by atoms with Gasteiger partial charge in [-0.05, 0) is 19.9 Å². The van der Waals surface area contributed by atoms with Gasteiger partial charge < -0.3 is 20.3 Å². The fourth-order valence-corrected chi connectivity index (χ4v) is 1.78. The van der Waals surface area contributed by atoms with Gasteiger partial charge in [-0.25, -0.2) is 0 Å². The predicted molar refractivity (Wildman–Crippen MR) is 67.5 cm³/mol. The Balaban J connectivity index is 3.20. The van der Waals surface area contributed by atoms with E-state index in [-0.39, 0.29) is 5.56 Å². The highest BCUT2D eigenvalue weighted by Gasteiger charge is 2.39. The van der Waals surface area contributed by atoms with E-state index in [0.717, 1.165) is 6.07 Å². The van der Waals surface area contributed by atoms with Crippen molar-refractivity contribution in [3.63, 3.8) is 0 Å². The van der Waals surface area contributed by atoms with Gasteiger partial charge in [-0.3, -0.25) is 4.79 Å². The van der Waals surface area contributed by atoms with E-state index in [1.54, 1.807) is 0 Å². The third kappa shape index (κ3) is 3.78. The molecule has 0 spiro atoms. The zero-order valence-electron chi connectivity index (χ0n) is 11.7. The van der Waals surface area contributed by atoms with E-state index in [2.05, 4.69) is 9.47 Å². The second-order valence-electron chi connectivity index (χ2n) is 4.93. The minimum atomic E-state index is -4.95. The first-order chi connectivity index (χ1) is 9.50. The van der Waals surface area contributed by atoms with Crippen LogP contribution < -0.4 is 10.5 Å². The van der Waals surface area contributed by atoms with Gasteiger partial charge >= 0.3 is 12.3 Å². The number of para-hydroxylation sites is 1. The number of alkyl halides is 3. The molecule has 0 saturated carbocycles. The van der Waals surface area contributed by atoms with Crippen LogP contribution in [0.15, 0.2) is 18.2 Å². The molecular weight excluding hydrogens is 291 g/mol. The number of aromatic hydroxyl groups is 1. The quantitative estimate of drug-likeness (QED) is 0.835. The van der Waals surface area contributed by atoms with Crippen LogP contribution in [0.25, 0.3) is 0 Å². The molecule has 0 amide bonds. The van der Waals surface area contributed by atoms with Crippen molar-refractivity contribution in [2.24, 2.45) is 11.1 Å². The van der Waals surface area contributed by atoms with Crippen molar-refractivity contribution in [2.45, 2.75) is 26.3 Å². The number of hydrogen-bond donors (Lipinski definition) is 2. The molecule has 3 N–H and O–H groups in total. The first-order valence-electron chi connectivity index (χ1n) is 5.92. The number of hydrogen-bond acceptors (Lipinski definition) is 5. The molecule has 0 aliphatic heterocycles. The van der Waals surface area contributed by atoms with Crippen molar-refractivity contribution in [3.05, 3.63) is 23.8 Å². The number of esters is 1. The van der Waals surface area contributed by atoms with Gasteiger partial charge in [-0.2, -0.15) is 0 Å². The summed E-state index contributed by atoms with van der Waals surface area (Å²) in [6.07, 6.45) is -4.95. The Morgan fingerprint density at radius 3 is 2.38 bits per heavy atom. The van der Waals surface area contributed by atoms with Crippen LogP contribution in [-0.2, 0) is 9.53 Å². The standard InChI is InChI=1S/C13H16F3NO4/c1-12(2,11(19)20-3)10(17)7-5-4-6-8(9(7)18)21-13(14,15)16/h4-6,10,18H,17H2,1-3H3/t10-/m1/s1. The highest BCUT2D eigenvalue weighted by molar-refractivity contribution is 5.77. The summed E-state index contributed by atoms with van der Waals surface area (Å²) in [6.45, 7) is 2.92. The van der Waals surface area contributed by atoms with Crippen LogP contribution in [0.2, 0.25) is 0 Å². The van der Waals surface area contributed by atoms with Crippen LogP contribution >= 0.6 is 0 Å². The molecule has 0 aliphatic carbocycles. The van der Waals surface area contributed by atoms with Crippen molar-refractivity contribution in [2.75, 3.05) is 7.11 Å². The third-order valence-corrected chi connectivity index (χ3v) is 3.08. The lowest BCUT2D eigenvalue weighted by atomic mass is 9.80. The van der Waals surface area contributed by atoms with E-state index in [0.29, 0.717) is 0 Å². The summed E-state index contributed by atoms with van der Waals surface area (Å²) in [5.41, 5.74) is 4.59. The predicted octanol–water partition coefficient (Wildman–Crippen LogP) is 2.49. The average Bonchev–Trinajstić information content (AvgIpc) is 2.37. The number of ether oxygens (including phenoxy) is 2. The van der Waals surface area contributed by atoms with E-state index in [9.17, 15) is 23.1 Å². The second-order valence-corrected chi connectivity index (χ2v) is 4.93. The second kappa shape index (κ2) is 5.80. The molecule has 0 heterocycles. The fourth-order valence-electron chi connectivity index (χ4n) is 1.78. The molecule has 5 nitrogen and oxygen atoms in total. The largest absolute Gasteiger partial charge is 0.573 e. The Hall–Kier alpha value is -1.96. The van der Waals surface area contributed by atoms with Crippen molar-refractivity contribution in [1.29, 1.82) is 0 Å². The number of rotatable bonds is 4. The molecule has 1 aromatic rings. The zero-order chi connectivity index (χ0) is 16.4. The van der Waals surface area contributed by atoms with E-state index in [4.69, 9.17) is 5.73 Å². The maximum atomic E-state index is 12.2. The van der Waals surface area contributed by atoms with Crippen LogP contribution in [0.5, 0.6) is 11.5 Å². The zero-order valence-corrected chi connectivity index (χ0v) is 11.7. The first kappa shape index (κ1) is 17.1. The highest BCUT2D eigenvalue weighted by Crippen LogP contribution is 2.41. The number of carbonyl (C=O) groups excluding carboxylic acids is 1. The molecule has 0 aliphatic rings. The molecule has 1 rings (SSSR count). The topological polar surface area (TPSA) is 81.8 Å². The van der Waals surface area contributed by atoms with Gasteiger partial charge in [0.1, 0.15) is 0 Å². The number of methoxy groups -OCH3 is 1. The van der Waals surface area contributed by atoms with Gasteiger partial charge in [0.2, 0.25) is 0 Å². The van der Waals surface area contributed by atoms with Gasteiger partial charge in [0, 0.05) is 11.6 Å². The van der Waals surface area contributed by atoms with E-state index >= 15 is 0 Å². The summed E-state index contributed by atoms with van der Waals surface area (Å²) >= 11 is 0. The Bertz CT molecular complexity index is 529. The Morgan fingerprint density at radius 1 is 1.33 bits per heavy atom. The number of phenolic OH excluding ortho intramolecular Hbond substituents is 1. The van der Waals surface area contributed by atoms with Gasteiger partial charge in [-0.1, -0.05) is 12.1 Å². The first-order valence-corrected chi connectivity index (χ1v) is 5.92. The maximum absolute atomic E-state index is 12.2. The molecule has 0 aromatic heterocycles. The molecule has 8 heteroatoms. The summed E-state index contributed by atoms with van der Waals surface area (Å²) in [5.74, 6) is -2.20. The van der Waals surface area contributed by atoms with Crippen molar-refractivity contribution >= 4 is 5.97 Å². The fraction of sp³-hybridized carbons (Fsp3) is 0.462. The van der Waals surface area contributed by atoms with Crippen molar-refractivity contribution in [1.82, 2.24) is 0 Å². The third-order valence-electron chi connectivity index (χ3n) is 3.08. The molecule has 1 atom stereocenters. The number of nitrogens with two attached hydrogens (primary N) is 1. The Morgan fingerprint density at radius 2 is 1.90 bits per heavy atom. The summed E-state index contributed by atoms with van der Waals surface area (Å²) in [5, 5.41) is 9.88. The molecule has 0 saturated heterocycles. The molecule has 0 radical (unpaired) electrons. The molecule has 21 heavy (non-hydrogen) atoms. The van der Waals surface area contributed by atoms with Crippen LogP contribution in [0.4, 0.5) is 13.2 Å². The average molecular weight is 307 g/mol. The lowest BCUT2D eigenvalue weighted by molar-refractivity contribution is -0.275. The highest BCUT2D eigenvalue weighted by atomic mass is 19.4. The maximum Gasteiger partial charge on any atom is 0.573 e. The normalized spacial score (nSPS) is 13.7. The number of halogens is 3. The van der Waals surface area contributed by atoms with E-state index in [1.807, 2.05) is 0 Å². The number of carbonyl (C=O) groups is 1. The summed E-state index contributed by atoms with van der Waals surface area (Å²) < 4.78 is 45.0. The van der Waals surface area contributed by atoms with Crippen LogP contribution in [0.1, 0.15) is 25.5 Å². The van der Waals surface area contributed by atoms with Crippen molar-refractivity contribution < 1.29 is 32.5 Å². The van der Waals surface area contributed by atoms with Gasteiger partial charge in [-0.15, -0.1) is 13.2 Å². The van der Waals surface area contributed by atoms with Crippen LogP contribution in [-0.4, -0.2) is 24.5 Å². The SMILES string of the molecule is COC(=O)C(C)(C)[C@H](N)c1cccc(OC(F)(F)F)c1O. The molecular formula is C13H16F3NO4.